The normalized spacial score (nSPS) is 12.6. The summed E-state index contributed by atoms with van der Waals surface area (Å²) < 4.78 is 0. The largest absolute Gasteiger partial charge is 0.508 e. The van der Waals surface area contributed by atoms with E-state index in [9.17, 15) is 9.90 Å². The lowest BCUT2D eigenvalue weighted by molar-refractivity contribution is -0.124. The molecule has 0 unspecified atom stereocenters. The molecule has 0 fully saturated rings. The van der Waals surface area contributed by atoms with E-state index in [1.54, 1.807) is 11.6 Å². The monoisotopic (exact) mass is 367 g/mol. The van der Waals surface area contributed by atoms with E-state index in [0.29, 0.717) is 5.13 Å². The third-order valence-corrected chi connectivity index (χ3v) is 5.18. The number of rotatable bonds is 5. The molecule has 26 heavy (non-hydrogen) atoms. The summed E-state index contributed by atoms with van der Waals surface area (Å²) in [5.41, 5.74) is 3.62. The van der Waals surface area contributed by atoms with Crippen LogP contribution in [0.4, 0.5) is 5.13 Å². The first-order valence-electron chi connectivity index (χ1n) is 8.31. The standard InChI is InChI=1S/C20H21N3O2S/c1-13-11-15(9-10-16(13)24)17(14-7-5-4-6-8-14)20(2,3)18(25)22-19-23-21-12-26-19/h4-12,17,24H,1-3H3,(H,22,23,25)/t17-/m0/s1. The Morgan fingerprint density at radius 1 is 1.15 bits per heavy atom. The fraction of sp³-hybridized carbons (Fsp3) is 0.250. The van der Waals surface area contributed by atoms with Crippen LogP contribution in [-0.2, 0) is 4.79 Å². The molecule has 0 aliphatic carbocycles. The third kappa shape index (κ3) is 3.60. The molecule has 5 nitrogen and oxygen atoms in total. The molecular formula is C20H21N3O2S. The van der Waals surface area contributed by atoms with Crippen LogP contribution < -0.4 is 5.32 Å². The molecular weight excluding hydrogens is 346 g/mol. The molecule has 6 heteroatoms. The molecule has 0 bridgehead atoms. The summed E-state index contributed by atoms with van der Waals surface area (Å²) in [5, 5.41) is 20.9. The fourth-order valence-corrected chi connectivity index (χ4v) is 3.59. The summed E-state index contributed by atoms with van der Waals surface area (Å²) in [6, 6.07) is 15.4. The molecule has 0 aliphatic rings. The molecule has 134 valence electrons. The van der Waals surface area contributed by atoms with Crippen molar-refractivity contribution in [2.45, 2.75) is 26.7 Å². The molecule has 2 aromatic carbocycles. The van der Waals surface area contributed by atoms with Crippen LogP contribution in [0.2, 0.25) is 0 Å². The van der Waals surface area contributed by atoms with Crippen molar-refractivity contribution in [3.63, 3.8) is 0 Å². The van der Waals surface area contributed by atoms with Crippen molar-refractivity contribution in [3.8, 4) is 5.75 Å². The number of benzene rings is 2. The van der Waals surface area contributed by atoms with Gasteiger partial charge in [-0.25, -0.2) is 0 Å². The molecule has 0 radical (unpaired) electrons. The minimum absolute atomic E-state index is 0.131. The van der Waals surface area contributed by atoms with Crippen LogP contribution >= 0.6 is 11.3 Å². The highest BCUT2D eigenvalue weighted by Crippen LogP contribution is 2.42. The molecule has 0 aliphatic heterocycles. The van der Waals surface area contributed by atoms with Crippen LogP contribution in [0.5, 0.6) is 5.75 Å². The van der Waals surface area contributed by atoms with E-state index in [0.717, 1.165) is 16.7 Å². The summed E-state index contributed by atoms with van der Waals surface area (Å²) in [6.07, 6.45) is 0. The van der Waals surface area contributed by atoms with Crippen molar-refractivity contribution in [2.24, 2.45) is 5.41 Å². The number of phenolic OH excluding ortho intramolecular Hbond substituents is 1. The number of hydrogen-bond donors (Lipinski definition) is 2. The number of aryl methyl sites for hydroxylation is 1. The number of aromatic hydroxyl groups is 1. The summed E-state index contributed by atoms with van der Waals surface area (Å²) in [5.74, 6) is -0.0681. The molecule has 3 rings (SSSR count). The maximum absolute atomic E-state index is 13.1. The Bertz CT molecular complexity index is 893. The Morgan fingerprint density at radius 2 is 1.88 bits per heavy atom. The van der Waals surface area contributed by atoms with Gasteiger partial charge in [-0.15, -0.1) is 10.2 Å². The predicted octanol–water partition coefficient (Wildman–Crippen LogP) is 4.35. The second-order valence-corrected chi connectivity index (χ2v) is 7.64. The SMILES string of the molecule is Cc1cc([C@H](c2ccccc2)C(C)(C)C(=O)Nc2nncs2)ccc1O. The van der Waals surface area contributed by atoms with Gasteiger partial charge in [0.05, 0.1) is 5.41 Å². The van der Waals surface area contributed by atoms with Crippen molar-refractivity contribution < 1.29 is 9.90 Å². The fourth-order valence-electron chi connectivity index (χ4n) is 3.15. The highest BCUT2D eigenvalue weighted by atomic mass is 32.1. The number of carbonyl (C=O) groups is 1. The van der Waals surface area contributed by atoms with E-state index in [2.05, 4.69) is 15.5 Å². The summed E-state index contributed by atoms with van der Waals surface area (Å²) in [4.78, 5) is 13.1. The van der Waals surface area contributed by atoms with Gasteiger partial charge in [0.2, 0.25) is 11.0 Å². The molecule has 2 N–H and O–H groups in total. The van der Waals surface area contributed by atoms with Crippen molar-refractivity contribution in [3.05, 3.63) is 70.7 Å². The number of carbonyl (C=O) groups excluding carboxylic acids is 1. The topological polar surface area (TPSA) is 75.1 Å². The second kappa shape index (κ2) is 7.25. The lowest BCUT2D eigenvalue weighted by Crippen LogP contribution is -2.37. The van der Waals surface area contributed by atoms with Gasteiger partial charge in [0.25, 0.3) is 0 Å². The number of phenols is 1. The highest BCUT2D eigenvalue weighted by molar-refractivity contribution is 7.13. The molecule has 1 aromatic heterocycles. The molecule has 0 saturated carbocycles. The van der Waals surface area contributed by atoms with Crippen molar-refractivity contribution in [1.82, 2.24) is 10.2 Å². The molecule has 1 amide bonds. The number of aromatic nitrogens is 2. The number of nitrogens with one attached hydrogen (secondary N) is 1. The molecule has 0 spiro atoms. The van der Waals surface area contributed by atoms with Gasteiger partial charge >= 0.3 is 0 Å². The summed E-state index contributed by atoms with van der Waals surface area (Å²) in [7, 11) is 0. The van der Waals surface area contributed by atoms with E-state index in [4.69, 9.17) is 0 Å². The van der Waals surface area contributed by atoms with Crippen LogP contribution in [0.15, 0.2) is 54.0 Å². The third-order valence-electron chi connectivity index (χ3n) is 4.57. The summed E-state index contributed by atoms with van der Waals surface area (Å²) in [6.45, 7) is 5.70. The van der Waals surface area contributed by atoms with Crippen LogP contribution in [0.1, 0.15) is 36.5 Å². The van der Waals surface area contributed by atoms with E-state index in [-0.39, 0.29) is 17.6 Å². The zero-order valence-electron chi connectivity index (χ0n) is 14.9. The minimum atomic E-state index is -0.754. The Balaban J connectivity index is 2.04. The van der Waals surface area contributed by atoms with Gasteiger partial charge < -0.3 is 10.4 Å². The lowest BCUT2D eigenvalue weighted by Gasteiger charge is -2.34. The van der Waals surface area contributed by atoms with E-state index >= 15 is 0 Å². The van der Waals surface area contributed by atoms with Gasteiger partial charge in [-0.2, -0.15) is 0 Å². The van der Waals surface area contributed by atoms with Crippen LogP contribution in [-0.4, -0.2) is 21.2 Å². The number of nitrogens with zero attached hydrogens (tertiary/aromatic N) is 2. The molecule has 3 aromatic rings. The Kier molecular flexibility index (Phi) is 5.04. The second-order valence-electron chi connectivity index (χ2n) is 6.81. The van der Waals surface area contributed by atoms with E-state index in [1.165, 1.54) is 11.3 Å². The minimum Gasteiger partial charge on any atom is -0.508 e. The van der Waals surface area contributed by atoms with Gasteiger partial charge in [-0.05, 0) is 29.7 Å². The van der Waals surface area contributed by atoms with Crippen LogP contribution in [0.3, 0.4) is 0 Å². The van der Waals surface area contributed by atoms with Gasteiger partial charge in [0.15, 0.2) is 0 Å². The van der Waals surface area contributed by atoms with Crippen LogP contribution in [0.25, 0.3) is 0 Å². The molecule has 1 heterocycles. The van der Waals surface area contributed by atoms with E-state index < -0.39 is 5.41 Å². The van der Waals surface area contributed by atoms with Crippen molar-refractivity contribution in [2.75, 3.05) is 5.32 Å². The first kappa shape index (κ1) is 18.1. The maximum atomic E-state index is 13.1. The highest BCUT2D eigenvalue weighted by Gasteiger charge is 2.39. The van der Waals surface area contributed by atoms with Crippen molar-refractivity contribution in [1.29, 1.82) is 0 Å². The zero-order valence-corrected chi connectivity index (χ0v) is 15.7. The Hall–Kier alpha value is -2.73. The first-order valence-corrected chi connectivity index (χ1v) is 9.19. The van der Waals surface area contributed by atoms with Gasteiger partial charge in [-0.3, -0.25) is 4.79 Å². The van der Waals surface area contributed by atoms with Crippen molar-refractivity contribution >= 4 is 22.4 Å². The number of hydrogen-bond acceptors (Lipinski definition) is 5. The van der Waals surface area contributed by atoms with Gasteiger partial charge in [-0.1, -0.05) is 67.6 Å². The van der Waals surface area contributed by atoms with E-state index in [1.807, 2.05) is 63.2 Å². The molecule has 0 saturated heterocycles. The smallest absolute Gasteiger partial charge is 0.232 e. The number of anilines is 1. The predicted molar refractivity (Wildman–Crippen MR) is 103 cm³/mol. The lowest BCUT2D eigenvalue weighted by atomic mass is 9.70. The van der Waals surface area contributed by atoms with Gasteiger partial charge in [0, 0.05) is 5.92 Å². The zero-order chi connectivity index (χ0) is 18.7. The molecule has 1 atom stereocenters. The Labute approximate surface area is 156 Å². The average molecular weight is 367 g/mol. The van der Waals surface area contributed by atoms with Crippen LogP contribution in [0, 0.1) is 12.3 Å². The quantitative estimate of drug-likeness (QED) is 0.703. The summed E-state index contributed by atoms with van der Waals surface area (Å²) >= 11 is 1.29. The first-order chi connectivity index (χ1) is 12.4. The Morgan fingerprint density at radius 3 is 2.50 bits per heavy atom. The number of amides is 1. The van der Waals surface area contributed by atoms with Gasteiger partial charge in [0.1, 0.15) is 11.3 Å². The maximum Gasteiger partial charge on any atom is 0.232 e. The average Bonchev–Trinajstić information content (AvgIpc) is 3.12.